The Bertz CT molecular complexity index is 319. The summed E-state index contributed by atoms with van der Waals surface area (Å²) in [4.78, 5) is 4.29. The van der Waals surface area contributed by atoms with Gasteiger partial charge in [-0.15, -0.1) is 0 Å². The fourth-order valence-corrected chi connectivity index (χ4v) is 1.76. The Morgan fingerprint density at radius 1 is 1.43 bits per heavy atom. The van der Waals surface area contributed by atoms with Gasteiger partial charge in [-0.3, -0.25) is 4.98 Å². The topological polar surface area (TPSA) is 22.1 Å². The average molecular weight is 207 g/mol. The second-order valence-corrected chi connectivity index (χ2v) is 3.99. The minimum absolute atomic E-state index is 0.501. The van der Waals surface area contributed by atoms with Crippen molar-refractivity contribution in [3.8, 4) is 0 Å². The Morgan fingerprint density at radius 2 is 2.14 bits per heavy atom. The highest BCUT2D eigenvalue weighted by Crippen LogP contribution is 2.21. The van der Waals surface area contributed by atoms with Crippen molar-refractivity contribution in [2.45, 2.75) is 20.8 Å². The predicted octanol–water partition coefficient (Wildman–Crippen LogP) is 1.77. The van der Waals surface area contributed by atoms with Gasteiger partial charge in [0.25, 0.3) is 0 Å². The summed E-state index contributed by atoms with van der Waals surface area (Å²) in [6.45, 7) is 6.43. The van der Waals surface area contributed by atoms with Crippen LogP contribution in [-0.2, 0) is 4.43 Å². The van der Waals surface area contributed by atoms with E-state index in [4.69, 9.17) is 4.43 Å². The molecule has 0 spiro atoms. The molecule has 76 valence electrons. The van der Waals surface area contributed by atoms with E-state index in [2.05, 4.69) is 25.8 Å². The van der Waals surface area contributed by atoms with Gasteiger partial charge >= 0.3 is 0 Å². The second kappa shape index (κ2) is 4.96. The Kier molecular flexibility index (Phi) is 3.89. The molecule has 0 N–H and O–H groups in total. The molecule has 0 fully saturated rings. The van der Waals surface area contributed by atoms with Gasteiger partial charge in [-0.1, -0.05) is 19.9 Å². The number of nitrogens with zero attached hydrogens (tertiary/aromatic N) is 1. The summed E-state index contributed by atoms with van der Waals surface area (Å²) in [7, 11) is 0.703. The van der Waals surface area contributed by atoms with E-state index in [1.165, 1.54) is 5.57 Å². The summed E-state index contributed by atoms with van der Waals surface area (Å²) in [5.41, 5.74) is 2.20. The molecular weight excluding hydrogens is 190 g/mol. The molecule has 0 radical (unpaired) electrons. The number of hydrogen-bond donors (Lipinski definition) is 0. The molecule has 0 bridgehead atoms. The van der Waals surface area contributed by atoms with Crippen LogP contribution in [0.2, 0.25) is 0 Å². The summed E-state index contributed by atoms with van der Waals surface area (Å²) in [6, 6.07) is 5.88. The minimum atomic E-state index is 0.501. The van der Waals surface area contributed by atoms with E-state index >= 15 is 0 Å². The number of rotatable bonds is 3. The molecule has 0 unspecified atom stereocenters. The van der Waals surface area contributed by atoms with Crippen LogP contribution in [-0.4, -0.2) is 15.5 Å². The van der Waals surface area contributed by atoms with E-state index in [0.29, 0.717) is 16.4 Å². The fourth-order valence-electron chi connectivity index (χ4n) is 1.23. The Balaban J connectivity index is 3.11. The van der Waals surface area contributed by atoms with Crippen molar-refractivity contribution < 1.29 is 4.43 Å². The van der Waals surface area contributed by atoms with Crippen LogP contribution in [0.15, 0.2) is 30.0 Å². The standard InChI is InChI=1S/C11H17NOSi/c1-8(2)9(3)11(13-14)10-6-4-5-7-12-10/h4-8H,1-3,14H3. The van der Waals surface area contributed by atoms with E-state index in [0.717, 1.165) is 11.5 Å². The highest BCUT2D eigenvalue weighted by Gasteiger charge is 2.08. The molecule has 3 heteroatoms. The first kappa shape index (κ1) is 11.0. The summed E-state index contributed by atoms with van der Waals surface area (Å²) < 4.78 is 5.52. The number of aromatic nitrogens is 1. The van der Waals surface area contributed by atoms with Crippen molar-refractivity contribution >= 4 is 16.2 Å². The van der Waals surface area contributed by atoms with Gasteiger partial charge in [0.15, 0.2) is 0 Å². The zero-order valence-corrected chi connectivity index (χ0v) is 11.2. The van der Waals surface area contributed by atoms with Gasteiger partial charge in [0.1, 0.15) is 11.5 Å². The van der Waals surface area contributed by atoms with Crippen molar-refractivity contribution in [3.05, 3.63) is 35.7 Å². The number of hydrogen-bond acceptors (Lipinski definition) is 2. The van der Waals surface area contributed by atoms with Crippen LogP contribution in [0.1, 0.15) is 26.5 Å². The molecule has 0 amide bonds. The highest BCUT2D eigenvalue weighted by atomic mass is 28.2. The molecule has 1 aromatic heterocycles. The zero-order valence-electron chi connectivity index (χ0n) is 9.24. The van der Waals surface area contributed by atoms with Crippen LogP contribution in [0, 0.1) is 5.92 Å². The lowest BCUT2D eigenvalue weighted by Gasteiger charge is -2.13. The van der Waals surface area contributed by atoms with Gasteiger partial charge in [0, 0.05) is 6.20 Å². The predicted molar refractivity (Wildman–Crippen MR) is 62.7 cm³/mol. The smallest absolute Gasteiger partial charge is 0.204 e. The van der Waals surface area contributed by atoms with Crippen LogP contribution < -0.4 is 0 Å². The zero-order chi connectivity index (χ0) is 10.6. The fraction of sp³-hybridized carbons (Fsp3) is 0.364. The molecule has 0 aliphatic carbocycles. The molecule has 0 saturated heterocycles. The van der Waals surface area contributed by atoms with Crippen LogP contribution in [0.5, 0.6) is 0 Å². The quantitative estimate of drug-likeness (QED) is 0.556. The molecule has 1 heterocycles. The molecular formula is C11H17NOSi. The van der Waals surface area contributed by atoms with E-state index in [-0.39, 0.29) is 0 Å². The lowest BCUT2D eigenvalue weighted by Crippen LogP contribution is -2.00. The summed E-state index contributed by atoms with van der Waals surface area (Å²) in [5, 5.41) is 0. The first-order valence-corrected chi connectivity index (χ1v) is 5.64. The van der Waals surface area contributed by atoms with Crippen LogP contribution in [0.4, 0.5) is 0 Å². The van der Waals surface area contributed by atoms with E-state index in [1.807, 2.05) is 18.2 Å². The van der Waals surface area contributed by atoms with Gasteiger partial charge in [-0.25, -0.2) is 0 Å². The van der Waals surface area contributed by atoms with E-state index in [1.54, 1.807) is 6.20 Å². The maximum absolute atomic E-state index is 5.52. The van der Waals surface area contributed by atoms with Crippen molar-refractivity contribution in [3.63, 3.8) is 0 Å². The summed E-state index contributed by atoms with van der Waals surface area (Å²) in [5.74, 6) is 1.45. The number of allylic oxidation sites excluding steroid dienone is 1. The highest BCUT2D eigenvalue weighted by molar-refractivity contribution is 6.01. The van der Waals surface area contributed by atoms with E-state index < -0.39 is 0 Å². The molecule has 0 saturated carbocycles. The van der Waals surface area contributed by atoms with E-state index in [9.17, 15) is 0 Å². The van der Waals surface area contributed by atoms with Crippen molar-refractivity contribution in [2.75, 3.05) is 0 Å². The molecule has 1 rings (SSSR count). The third kappa shape index (κ3) is 2.45. The number of pyridine rings is 1. The first-order chi connectivity index (χ1) is 6.66. The minimum Gasteiger partial charge on any atom is -0.552 e. The normalized spacial score (nSPS) is 12.9. The van der Waals surface area contributed by atoms with Gasteiger partial charge in [-0.2, -0.15) is 0 Å². The third-order valence-corrected chi connectivity index (χ3v) is 2.73. The van der Waals surface area contributed by atoms with Crippen molar-refractivity contribution in [1.29, 1.82) is 0 Å². The molecule has 0 aliphatic heterocycles. The van der Waals surface area contributed by atoms with Crippen LogP contribution >= 0.6 is 0 Å². The Morgan fingerprint density at radius 3 is 2.57 bits per heavy atom. The first-order valence-electron chi connectivity index (χ1n) is 4.83. The molecule has 0 atom stereocenters. The average Bonchev–Trinajstić information content (AvgIpc) is 2.20. The molecule has 2 nitrogen and oxygen atoms in total. The SMILES string of the molecule is CC(=C(O[SiH3])c1ccccn1)C(C)C. The van der Waals surface area contributed by atoms with Crippen LogP contribution in [0.3, 0.4) is 0 Å². The molecule has 1 aromatic rings. The molecule has 14 heavy (non-hydrogen) atoms. The lowest BCUT2D eigenvalue weighted by molar-refractivity contribution is 0.550. The maximum Gasteiger partial charge on any atom is 0.204 e. The second-order valence-electron chi connectivity index (χ2n) is 3.59. The molecule has 0 aromatic carbocycles. The third-order valence-electron chi connectivity index (χ3n) is 2.33. The lowest BCUT2D eigenvalue weighted by atomic mass is 10.0. The van der Waals surface area contributed by atoms with Gasteiger partial charge in [-0.05, 0) is 30.5 Å². The van der Waals surface area contributed by atoms with Crippen LogP contribution in [0.25, 0.3) is 5.76 Å². The van der Waals surface area contributed by atoms with Gasteiger partial charge < -0.3 is 4.43 Å². The van der Waals surface area contributed by atoms with Crippen molar-refractivity contribution in [2.24, 2.45) is 5.92 Å². The molecule has 0 aliphatic rings. The Hall–Kier alpha value is -1.09. The largest absolute Gasteiger partial charge is 0.552 e. The summed E-state index contributed by atoms with van der Waals surface area (Å²) in [6.07, 6.45) is 1.80. The van der Waals surface area contributed by atoms with Gasteiger partial charge in [0.05, 0.1) is 0 Å². The van der Waals surface area contributed by atoms with Gasteiger partial charge in [0.2, 0.25) is 10.5 Å². The summed E-state index contributed by atoms with van der Waals surface area (Å²) >= 11 is 0. The maximum atomic E-state index is 5.52. The van der Waals surface area contributed by atoms with Crippen molar-refractivity contribution in [1.82, 2.24) is 4.98 Å². The Labute approximate surface area is 88.6 Å². The monoisotopic (exact) mass is 207 g/mol.